The van der Waals surface area contributed by atoms with E-state index in [-0.39, 0.29) is 27.9 Å². The molecule has 8 nitrogen and oxygen atoms in total. The maximum Gasteiger partial charge on any atom is 0.264 e. The lowest BCUT2D eigenvalue weighted by Crippen LogP contribution is -2.44. The Morgan fingerprint density at radius 2 is 1.68 bits per heavy atom. The smallest absolute Gasteiger partial charge is 0.264 e. The number of benzene rings is 2. The number of ketones is 1. The van der Waals surface area contributed by atoms with E-state index >= 15 is 0 Å². The SMILES string of the molecule is CC(=O)c1ccc(N(CC(=O)NC2CCS(=O)(=O)C2)S(=O)(=O)c2ccc(C)cc2)cc1. The summed E-state index contributed by atoms with van der Waals surface area (Å²) in [5.74, 6) is -0.930. The normalized spacial score (nSPS) is 17.8. The number of rotatable bonds is 7. The Labute approximate surface area is 182 Å². The molecule has 10 heteroatoms. The van der Waals surface area contributed by atoms with Crippen LogP contribution < -0.4 is 9.62 Å². The van der Waals surface area contributed by atoms with Gasteiger partial charge >= 0.3 is 0 Å². The zero-order valence-electron chi connectivity index (χ0n) is 17.2. The van der Waals surface area contributed by atoms with E-state index in [1.807, 2.05) is 6.92 Å². The Morgan fingerprint density at radius 3 is 2.19 bits per heavy atom. The summed E-state index contributed by atoms with van der Waals surface area (Å²) in [6, 6.07) is 11.6. The fourth-order valence-electron chi connectivity index (χ4n) is 3.33. The molecule has 31 heavy (non-hydrogen) atoms. The number of amides is 1. The van der Waals surface area contributed by atoms with E-state index in [1.54, 1.807) is 12.1 Å². The Kier molecular flexibility index (Phi) is 6.51. The first kappa shape index (κ1) is 23.0. The van der Waals surface area contributed by atoms with Crippen molar-refractivity contribution in [3.05, 3.63) is 59.7 Å². The molecule has 166 valence electrons. The van der Waals surface area contributed by atoms with Gasteiger partial charge in [0.25, 0.3) is 10.0 Å². The lowest BCUT2D eigenvalue weighted by molar-refractivity contribution is -0.120. The second-order valence-corrected chi connectivity index (χ2v) is 11.7. The van der Waals surface area contributed by atoms with Crippen molar-refractivity contribution in [2.45, 2.75) is 31.2 Å². The van der Waals surface area contributed by atoms with Crippen molar-refractivity contribution in [1.29, 1.82) is 0 Å². The molecule has 0 bridgehead atoms. The third kappa shape index (κ3) is 5.50. The number of sulfone groups is 1. The van der Waals surface area contributed by atoms with E-state index in [9.17, 15) is 26.4 Å². The average molecular weight is 465 g/mol. The average Bonchev–Trinajstić information content (AvgIpc) is 3.04. The number of nitrogens with zero attached hydrogens (tertiary/aromatic N) is 1. The van der Waals surface area contributed by atoms with E-state index in [0.717, 1.165) is 9.87 Å². The van der Waals surface area contributed by atoms with Gasteiger partial charge in [-0.1, -0.05) is 17.7 Å². The van der Waals surface area contributed by atoms with E-state index in [4.69, 9.17) is 0 Å². The highest BCUT2D eigenvalue weighted by molar-refractivity contribution is 7.93. The van der Waals surface area contributed by atoms with Gasteiger partial charge in [-0.15, -0.1) is 0 Å². The number of nitrogens with one attached hydrogen (secondary N) is 1. The topological polar surface area (TPSA) is 118 Å². The number of carbonyl (C=O) groups is 2. The molecule has 1 aliphatic heterocycles. The molecule has 1 saturated heterocycles. The third-order valence-electron chi connectivity index (χ3n) is 5.06. The van der Waals surface area contributed by atoms with Gasteiger partial charge < -0.3 is 5.32 Å². The lowest BCUT2D eigenvalue weighted by Gasteiger charge is -2.25. The Balaban J connectivity index is 1.91. The minimum absolute atomic E-state index is 0.00413. The first-order valence-corrected chi connectivity index (χ1v) is 12.9. The zero-order chi connectivity index (χ0) is 22.8. The summed E-state index contributed by atoms with van der Waals surface area (Å²) in [5.41, 5.74) is 1.52. The zero-order valence-corrected chi connectivity index (χ0v) is 18.9. The molecule has 1 aliphatic rings. The molecule has 0 radical (unpaired) electrons. The van der Waals surface area contributed by atoms with Gasteiger partial charge in [-0.2, -0.15) is 0 Å². The Morgan fingerprint density at radius 1 is 1.06 bits per heavy atom. The molecule has 1 fully saturated rings. The van der Waals surface area contributed by atoms with Crippen molar-refractivity contribution in [3.63, 3.8) is 0 Å². The summed E-state index contributed by atoms with van der Waals surface area (Å²) in [4.78, 5) is 24.2. The number of sulfonamides is 1. The van der Waals surface area contributed by atoms with Crippen molar-refractivity contribution < 1.29 is 26.4 Å². The molecule has 0 aromatic heterocycles. The first-order valence-electron chi connectivity index (χ1n) is 9.68. The highest BCUT2D eigenvalue weighted by Crippen LogP contribution is 2.24. The van der Waals surface area contributed by atoms with Gasteiger partial charge in [0.15, 0.2) is 15.6 Å². The molecule has 1 N–H and O–H groups in total. The van der Waals surface area contributed by atoms with Crippen LogP contribution in [0.2, 0.25) is 0 Å². The van der Waals surface area contributed by atoms with E-state index in [2.05, 4.69) is 5.32 Å². The quantitative estimate of drug-likeness (QED) is 0.623. The summed E-state index contributed by atoms with van der Waals surface area (Å²) in [6.07, 6.45) is 0.298. The number of carbonyl (C=O) groups excluding carboxylic acids is 2. The molecule has 1 amide bonds. The van der Waals surface area contributed by atoms with Crippen LogP contribution in [0.1, 0.15) is 29.3 Å². The predicted molar refractivity (Wildman–Crippen MR) is 117 cm³/mol. The lowest BCUT2D eigenvalue weighted by atomic mass is 10.1. The largest absolute Gasteiger partial charge is 0.351 e. The molecule has 2 aromatic rings. The van der Waals surface area contributed by atoms with Crippen molar-refractivity contribution in [2.24, 2.45) is 0 Å². The fraction of sp³-hybridized carbons (Fsp3) is 0.333. The molecule has 2 aromatic carbocycles. The number of hydrogen-bond donors (Lipinski definition) is 1. The summed E-state index contributed by atoms with van der Waals surface area (Å²) in [5, 5.41) is 2.62. The fourth-order valence-corrected chi connectivity index (χ4v) is 6.42. The van der Waals surface area contributed by atoms with Gasteiger partial charge in [0.05, 0.1) is 22.1 Å². The van der Waals surface area contributed by atoms with Crippen molar-refractivity contribution in [2.75, 3.05) is 22.4 Å². The first-order chi connectivity index (χ1) is 14.5. The van der Waals surface area contributed by atoms with Gasteiger partial charge in [-0.25, -0.2) is 16.8 Å². The van der Waals surface area contributed by atoms with Crippen molar-refractivity contribution in [1.82, 2.24) is 5.32 Å². The highest BCUT2D eigenvalue weighted by atomic mass is 32.2. The molecule has 0 spiro atoms. The standard InChI is InChI=1S/C21H24N2O6S2/c1-15-3-9-20(10-4-15)31(28,29)23(19-7-5-17(6-8-19)16(2)24)13-21(25)22-18-11-12-30(26,27)14-18/h3-10,18H,11-14H2,1-2H3,(H,22,25). The highest BCUT2D eigenvalue weighted by Gasteiger charge is 2.31. The Hall–Kier alpha value is -2.72. The van der Waals surface area contributed by atoms with Gasteiger partial charge in [0.2, 0.25) is 5.91 Å². The molecular weight excluding hydrogens is 440 g/mol. The van der Waals surface area contributed by atoms with Gasteiger partial charge in [-0.05, 0) is 56.7 Å². The maximum atomic E-state index is 13.3. The van der Waals surface area contributed by atoms with Gasteiger partial charge in [-0.3, -0.25) is 13.9 Å². The van der Waals surface area contributed by atoms with Gasteiger partial charge in [0.1, 0.15) is 6.54 Å². The molecule has 0 saturated carbocycles. The molecule has 1 unspecified atom stereocenters. The molecule has 3 rings (SSSR count). The second kappa shape index (κ2) is 8.80. The van der Waals surface area contributed by atoms with Crippen LogP contribution in [0, 0.1) is 6.92 Å². The number of aryl methyl sites for hydroxylation is 1. The number of anilines is 1. The molecular formula is C21H24N2O6S2. The van der Waals surface area contributed by atoms with Crippen LogP contribution in [-0.4, -0.2) is 52.6 Å². The van der Waals surface area contributed by atoms with Crippen molar-refractivity contribution in [3.8, 4) is 0 Å². The van der Waals surface area contributed by atoms with E-state index in [1.165, 1.54) is 43.3 Å². The minimum Gasteiger partial charge on any atom is -0.351 e. The van der Waals surface area contributed by atoms with Crippen LogP contribution in [-0.2, 0) is 24.7 Å². The van der Waals surface area contributed by atoms with Crippen LogP contribution in [0.15, 0.2) is 53.4 Å². The molecule has 1 heterocycles. The van der Waals surface area contributed by atoms with Crippen LogP contribution in [0.25, 0.3) is 0 Å². The summed E-state index contributed by atoms with van der Waals surface area (Å²) >= 11 is 0. The summed E-state index contributed by atoms with van der Waals surface area (Å²) in [7, 11) is -7.27. The van der Waals surface area contributed by atoms with Crippen molar-refractivity contribution >= 4 is 37.2 Å². The van der Waals surface area contributed by atoms with E-state index < -0.39 is 38.4 Å². The monoisotopic (exact) mass is 464 g/mol. The minimum atomic E-state index is -4.09. The van der Waals surface area contributed by atoms with E-state index in [0.29, 0.717) is 12.0 Å². The summed E-state index contributed by atoms with van der Waals surface area (Å²) in [6.45, 7) is 2.71. The number of hydrogen-bond acceptors (Lipinski definition) is 6. The third-order valence-corrected chi connectivity index (χ3v) is 8.61. The summed E-state index contributed by atoms with van der Waals surface area (Å²) < 4.78 is 50.9. The van der Waals surface area contributed by atoms with Crippen LogP contribution in [0.3, 0.4) is 0 Å². The van der Waals surface area contributed by atoms with Crippen LogP contribution in [0.4, 0.5) is 5.69 Å². The number of Topliss-reactive ketones (excluding diaryl/α,β-unsaturated/α-hetero) is 1. The molecule has 0 aliphatic carbocycles. The van der Waals surface area contributed by atoms with Crippen LogP contribution in [0.5, 0.6) is 0 Å². The molecule has 1 atom stereocenters. The van der Waals surface area contributed by atoms with Crippen LogP contribution >= 0.6 is 0 Å². The predicted octanol–water partition coefficient (Wildman–Crippen LogP) is 1.70. The maximum absolute atomic E-state index is 13.3. The van der Waals surface area contributed by atoms with Gasteiger partial charge in [0, 0.05) is 11.6 Å². The second-order valence-electron chi connectivity index (χ2n) is 7.60. The Bertz CT molecular complexity index is 1190.